The minimum Gasteiger partial charge on any atom is -0.347 e. The molecule has 0 aliphatic carbocycles. The van der Waals surface area contributed by atoms with Crippen LogP contribution in [0.4, 0.5) is 5.69 Å². The largest absolute Gasteiger partial charge is 0.347 e. The van der Waals surface area contributed by atoms with Crippen LogP contribution in [0.3, 0.4) is 0 Å². The topological polar surface area (TPSA) is 84.3 Å². The normalized spacial score (nSPS) is 14.6. The summed E-state index contributed by atoms with van der Waals surface area (Å²) < 4.78 is 30.5. The SMILES string of the molecule is Cc1cccc(NS(=O)(=O)c2cc(-c3nc(C)c(C(=O)N4CCCCC4)s3)n(C)c2)c1C. The Morgan fingerprint density at radius 2 is 1.84 bits per heavy atom. The summed E-state index contributed by atoms with van der Waals surface area (Å²) in [6.07, 6.45) is 4.80. The second kappa shape index (κ2) is 8.71. The Morgan fingerprint density at radius 1 is 1.12 bits per heavy atom. The molecular weight excluding hydrogens is 444 g/mol. The molecule has 2 aromatic heterocycles. The van der Waals surface area contributed by atoms with Gasteiger partial charge in [-0.3, -0.25) is 9.52 Å². The second-order valence-electron chi connectivity index (χ2n) is 8.31. The van der Waals surface area contributed by atoms with E-state index in [9.17, 15) is 13.2 Å². The van der Waals surface area contributed by atoms with Gasteiger partial charge in [0.1, 0.15) is 14.8 Å². The zero-order valence-electron chi connectivity index (χ0n) is 18.8. The van der Waals surface area contributed by atoms with Gasteiger partial charge in [-0.05, 0) is 63.3 Å². The molecule has 4 rings (SSSR count). The molecule has 32 heavy (non-hydrogen) atoms. The molecule has 0 bridgehead atoms. The first kappa shape index (κ1) is 22.5. The van der Waals surface area contributed by atoms with E-state index in [0.717, 1.165) is 43.5 Å². The maximum Gasteiger partial charge on any atom is 0.265 e. The summed E-state index contributed by atoms with van der Waals surface area (Å²) in [5.74, 6) is 0.0181. The molecule has 1 saturated heterocycles. The monoisotopic (exact) mass is 472 g/mol. The molecule has 1 fully saturated rings. The van der Waals surface area contributed by atoms with Crippen LogP contribution in [0.2, 0.25) is 0 Å². The average molecular weight is 473 g/mol. The number of likely N-dealkylation sites (tertiary alicyclic amines) is 1. The van der Waals surface area contributed by atoms with Crippen LogP contribution in [0.25, 0.3) is 10.7 Å². The van der Waals surface area contributed by atoms with Crippen molar-refractivity contribution in [1.29, 1.82) is 0 Å². The minimum absolute atomic E-state index is 0.0181. The van der Waals surface area contributed by atoms with E-state index in [-0.39, 0.29) is 10.8 Å². The number of piperidine rings is 1. The molecule has 0 radical (unpaired) electrons. The Labute approximate surface area is 193 Å². The van der Waals surface area contributed by atoms with Crippen LogP contribution in [-0.4, -0.2) is 41.9 Å². The van der Waals surface area contributed by atoms with E-state index in [2.05, 4.69) is 9.71 Å². The minimum atomic E-state index is -3.77. The van der Waals surface area contributed by atoms with Gasteiger partial charge in [0, 0.05) is 26.3 Å². The average Bonchev–Trinajstić information content (AvgIpc) is 3.34. The number of benzene rings is 1. The molecule has 7 nitrogen and oxygen atoms in total. The highest BCUT2D eigenvalue weighted by Gasteiger charge is 2.25. The van der Waals surface area contributed by atoms with Crippen molar-refractivity contribution in [2.45, 2.75) is 44.9 Å². The lowest BCUT2D eigenvalue weighted by Crippen LogP contribution is -2.35. The van der Waals surface area contributed by atoms with Crippen LogP contribution in [0.1, 0.15) is 45.8 Å². The third kappa shape index (κ3) is 4.31. The van der Waals surface area contributed by atoms with E-state index in [0.29, 0.717) is 27.0 Å². The highest BCUT2D eigenvalue weighted by molar-refractivity contribution is 7.92. The number of thiazole rings is 1. The Hall–Kier alpha value is -2.65. The number of aromatic nitrogens is 2. The lowest BCUT2D eigenvalue weighted by atomic mass is 10.1. The van der Waals surface area contributed by atoms with Crippen LogP contribution in [-0.2, 0) is 17.1 Å². The highest BCUT2D eigenvalue weighted by Crippen LogP contribution is 2.32. The van der Waals surface area contributed by atoms with Gasteiger partial charge in [0.2, 0.25) is 0 Å². The molecule has 3 aromatic rings. The number of rotatable bonds is 5. The van der Waals surface area contributed by atoms with Gasteiger partial charge in [0.25, 0.3) is 15.9 Å². The first-order valence-corrected chi connectivity index (χ1v) is 13.0. The Morgan fingerprint density at radius 3 is 2.56 bits per heavy atom. The first-order chi connectivity index (χ1) is 15.2. The summed E-state index contributed by atoms with van der Waals surface area (Å²) in [6.45, 7) is 7.23. The van der Waals surface area contributed by atoms with Crippen LogP contribution in [0.15, 0.2) is 35.4 Å². The van der Waals surface area contributed by atoms with Gasteiger partial charge in [0.15, 0.2) is 0 Å². The lowest BCUT2D eigenvalue weighted by molar-refractivity contribution is 0.0728. The Balaban J connectivity index is 1.62. The van der Waals surface area contributed by atoms with Crippen molar-refractivity contribution in [3.8, 4) is 10.7 Å². The highest BCUT2D eigenvalue weighted by atomic mass is 32.2. The smallest absolute Gasteiger partial charge is 0.265 e. The van der Waals surface area contributed by atoms with Crippen molar-refractivity contribution in [3.05, 3.63) is 52.2 Å². The van der Waals surface area contributed by atoms with Crippen molar-refractivity contribution in [2.24, 2.45) is 7.05 Å². The van der Waals surface area contributed by atoms with Crippen molar-refractivity contribution < 1.29 is 13.2 Å². The molecule has 1 aliphatic rings. The molecule has 1 amide bonds. The van der Waals surface area contributed by atoms with E-state index in [1.807, 2.05) is 37.8 Å². The third-order valence-electron chi connectivity index (χ3n) is 5.99. The number of sulfonamides is 1. The molecular formula is C23H28N4O3S2. The van der Waals surface area contributed by atoms with Gasteiger partial charge in [-0.1, -0.05) is 12.1 Å². The van der Waals surface area contributed by atoms with Gasteiger partial charge in [-0.2, -0.15) is 0 Å². The molecule has 0 saturated carbocycles. The summed E-state index contributed by atoms with van der Waals surface area (Å²) >= 11 is 1.32. The van der Waals surface area contributed by atoms with Gasteiger partial charge in [0.05, 0.1) is 17.1 Å². The van der Waals surface area contributed by atoms with Gasteiger partial charge >= 0.3 is 0 Å². The second-order valence-corrected chi connectivity index (χ2v) is 11.0. The quantitative estimate of drug-likeness (QED) is 0.593. The number of aryl methyl sites for hydroxylation is 3. The molecule has 1 aliphatic heterocycles. The van der Waals surface area contributed by atoms with E-state index < -0.39 is 10.0 Å². The third-order valence-corrected chi connectivity index (χ3v) is 8.49. The van der Waals surface area contributed by atoms with Gasteiger partial charge in [-0.15, -0.1) is 11.3 Å². The van der Waals surface area contributed by atoms with E-state index in [1.54, 1.807) is 29.9 Å². The van der Waals surface area contributed by atoms with Crippen molar-refractivity contribution in [1.82, 2.24) is 14.5 Å². The predicted octanol–water partition coefficient (Wildman–Crippen LogP) is 4.50. The molecule has 1 aromatic carbocycles. The van der Waals surface area contributed by atoms with E-state index in [4.69, 9.17) is 0 Å². The van der Waals surface area contributed by atoms with Crippen LogP contribution in [0, 0.1) is 20.8 Å². The zero-order chi connectivity index (χ0) is 23.0. The molecule has 3 heterocycles. The van der Waals surface area contributed by atoms with Gasteiger partial charge < -0.3 is 9.47 Å². The number of nitrogens with zero attached hydrogens (tertiary/aromatic N) is 3. The standard InChI is InChI=1S/C23H28N4O3S2/c1-15-9-8-10-19(16(15)2)25-32(29,30)18-13-20(26(4)14-18)22-24-17(3)21(31-22)23(28)27-11-6-5-7-12-27/h8-10,13-14,25H,5-7,11-12H2,1-4H3. The number of carbonyl (C=O) groups is 1. The van der Waals surface area contributed by atoms with Crippen molar-refractivity contribution in [2.75, 3.05) is 17.8 Å². The van der Waals surface area contributed by atoms with Gasteiger partial charge in [-0.25, -0.2) is 13.4 Å². The van der Waals surface area contributed by atoms with Crippen LogP contribution >= 0.6 is 11.3 Å². The zero-order valence-corrected chi connectivity index (χ0v) is 20.4. The number of amides is 1. The summed E-state index contributed by atoms with van der Waals surface area (Å²) in [4.78, 5) is 20.2. The van der Waals surface area contributed by atoms with Crippen LogP contribution in [0.5, 0.6) is 0 Å². The Bertz CT molecular complexity index is 1270. The summed E-state index contributed by atoms with van der Waals surface area (Å²) in [5.41, 5.74) is 3.82. The van der Waals surface area contributed by atoms with Crippen molar-refractivity contribution >= 4 is 33.0 Å². The fourth-order valence-electron chi connectivity index (χ4n) is 3.90. The number of carbonyl (C=O) groups excluding carboxylic acids is 1. The number of nitrogens with one attached hydrogen (secondary N) is 1. The number of anilines is 1. The number of hydrogen-bond donors (Lipinski definition) is 1. The van der Waals surface area contributed by atoms with Crippen molar-refractivity contribution in [3.63, 3.8) is 0 Å². The first-order valence-electron chi connectivity index (χ1n) is 10.7. The summed E-state index contributed by atoms with van der Waals surface area (Å²) in [7, 11) is -1.98. The van der Waals surface area contributed by atoms with Crippen LogP contribution < -0.4 is 4.72 Å². The molecule has 0 spiro atoms. The predicted molar refractivity (Wildman–Crippen MR) is 128 cm³/mol. The molecule has 0 unspecified atom stereocenters. The fourth-order valence-corrected chi connectivity index (χ4v) is 6.19. The molecule has 9 heteroatoms. The van der Waals surface area contributed by atoms with E-state index >= 15 is 0 Å². The summed E-state index contributed by atoms with van der Waals surface area (Å²) in [5, 5.41) is 0.638. The van der Waals surface area contributed by atoms with E-state index in [1.165, 1.54) is 11.3 Å². The molecule has 170 valence electrons. The molecule has 1 N–H and O–H groups in total. The molecule has 0 atom stereocenters. The Kier molecular flexibility index (Phi) is 6.13. The number of hydrogen-bond acceptors (Lipinski definition) is 5. The lowest BCUT2D eigenvalue weighted by Gasteiger charge is -2.26. The summed E-state index contributed by atoms with van der Waals surface area (Å²) in [6, 6.07) is 7.14. The maximum absolute atomic E-state index is 13.0. The fraction of sp³-hybridized carbons (Fsp3) is 0.391. The maximum atomic E-state index is 13.0.